The second-order valence-electron chi connectivity index (χ2n) is 4.44. The molecular formula is C14H19NO3S. The third-order valence-corrected chi connectivity index (χ3v) is 3.63. The van der Waals surface area contributed by atoms with Crippen molar-refractivity contribution in [2.45, 2.75) is 26.3 Å². The van der Waals surface area contributed by atoms with Crippen LogP contribution in [0.25, 0.3) is 0 Å². The fourth-order valence-corrected chi connectivity index (χ4v) is 2.09. The lowest BCUT2D eigenvalue weighted by Crippen LogP contribution is -2.41. The average Bonchev–Trinajstić information content (AvgIpc) is 2.37. The van der Waals surface area contributed by atoms with E-state index in [0.717, 1.165) is 11.1 Å². The fourth-order valence-electron chi connectivity index (χ4n) is 1.62. The van der Waals surface area contributed by atoms with Gasteiger partial charge in [0.05, 0.1) is 0 Å². The number of rotatable bonds is 6. The molecule has 5 heteroatoms. The highest BCUT2D eigenvalue weighted by atomic mass is 32.2. The zero-order valence-corrected chi connectivity index (χ0v) is 12.2. The maximum atomic E-state index is 12.0. The number of hydrogen-bond donors (Lipinski definition) is 2. The van der Waals surface area contributed by atoms with Crippen LogP contribution in [0.4, 0.5) is 0 Å². The third kappa shape index (κ3) is 4.59. The number of carbonyl (C=O) groups excluding carboxylic acids is 1. The predicted molar refractivity (Wildman–Crippen MR) is 77.8 cm³/mol. The number of aliphatic carboxylic acids is 1. The van der Waals surface area contributed by atoms with Crippen molar-refractivity contribution in [2.75, 3.05) is 12.0 Å². The first-order chi connectivity index (χ1) is 8.95. The highest BCUT2D eigenvalue weighted by Crippen LogP contribution is 2.10. The zero-order valence-electron chi connectivity index (χ0n) is 11.4. The van der Waals surface area contributed by atoms with Gasteiger partial charge in [0.25, 0.3) is 5.91 Å². The van der Waals surface area contributed by atoms with Gasteiger partial charge in [-0.25, -0.2) is 4.79 Å². The second kappa shape index (κ2) is 7.19. The van der Waals surface area contributed by atoms with E-state index in [1.807, 2.05) is 26.2 Å². The Morgan fingerprint density at radius 3 is 2.53 bits per heavy atom. The normalized spacial score (nSPS) is 11.9. The molecule has 1 amide bonds. The molecule has 1 aromatic carbocycles. The van der Waals surface area contributed by atoms with Gasteiger partial charge < -0.3 is 10.4 Å². The van der Waals surface area contributed by atoms with Gasteiger partial charge in [-0.2, -0.15) is 11.8 Å². The van der Waals surface area contributed by atoms with E-state index in [1.165, 1.54) is 0 Å². The van der Waals surface area contributed by atoms with Gasteiger partial charge in [-0.1, -0.05) is 6.07 Å². The summed E-state index contributed by atoms with van der Waals surface area (Å²) in [5, 5.41) is 11.6. The average molecular weight is 281 g/mol. The summed E-state index contributed by atoms with van der Waals surface area (Å²) in [6.45, 7) is 3.89. The lowest BCUT2D eigenvalue weighted by Gasteiger charge is -2.14. The first-order valence-electron chi connectivity index (χ1n) is 6.05. The molecule has 0 bridgehead atoms. The summed E-state index contributed by atoms with van der Waals surface area (Å²) in [5.41, 5.74) is 2.62. The van der Waals surface area contributed by atoms with E-state index < -0.39 is 12.0 Å². The number of hydrogen-bond acceptors (Lipinski definition) is 3. The SMILES string of the molecule is CSCCC(NC(=O)c1ccc(C)c(C)c1)C(=O)O. The summed E-state index contributed by atoms with van der Waals surface area (Å²) in [7, 11) is 0. The van der Waals surface area contributed by atoms with E-state index in [2.05, 4.69) is 5.32 Å². The van der Waals surface area contributed by atoms with E-state index in [4.69, 9.17) is 5.11 Å². The predicted octanol–water partition coefficient (Wildman–Crippen LogP) is 2.24. The van der Waals surface area contributed by atoms with Gasteiger partial charge in [-0.15, -0.1) is 0 Å². The summed E-state index contributed by atoms with van der Waals surface area (Å²) in [5.74, 6) is -0.632. The molecule has 0 saturated heterocycles. The minimum Gasteiger partial charge on any atom is -0.480 e. The summed E-state index contributed by atoms with van der Waals surface area (Å²) >= 11 is 1.56. The van der Waals surface area contributed by atoms with Crippen molar-refractivity contribution in [2.24, 2.45) is 0 Å². The first-order valence-corrected chi connectivity index (χ1v) is 7.45. The number of aryl methyl sites for hydroxylation is 2. The summed E-state index contributed by atoms with van der Waals surface area (Å²) in [4.78, 5) is 23.1. The molecule has 2 N–H and O–H groups in total. The van der Waals surface area contributed by atoms with Crippen LogP contribution >= 0.6 is 11.8 Å². The van der Waals surface area contributed by atoms with E-state index >= 15 is 0 Å². The van der Waals surface area contributed by atoms with Crippen molar-refractivity contribution in [3.8, 4) is 0 Å². The molecule has 0 saturated carbocycles. The van der Waals surface area contributed by atoms with Crippen LogP contribution in [0.2, 0.25) is 0 Å². The molecule has 4 nitrogen and oxygen atoms in total. The Kier molecular flexibility index (Phi) is 5.89. The Balaban J connectivity index is 2.75. The minimum absolute atomic E-state index is 0.336. The molecule has 104 valence electrons. The highest BCUT2D eigenvalue weighted by molar-refractivity contribution is 7.98. The van der Waals surface area contributed by atoms with Crippen LogP contribution < -0.4 is 5.32 Å². The number of amides is 1. The number of carboxylic acids is 1. The molecule has 0 heterocycles. The van der Waals surface area contributed by atoms with Gasteiger partial charge in [0.1, 0.15) is 6.04 Å². The first kappa shape index (κ1) is 15.6. The van der Waals surface area contributed by atoms with Crippen LogP contribution in [0.1, 0.15) is 27.9 Å². The Morgan fingerprint density at radius 2 is 2.00 bits per heavy atom. The molecule has 1 unspecified atom stereocenters. The van der Waals surface area contributed by atoms with E-state index in [-0.39, 0.29) is 5.91 Å². The van der Waals surface area contributed by atoms with Crippen molar-refractivity contribution in [1.29, 1.82) is 0 Å². The largest absolute Gasteiger partial charge is 0.480 e. The fraction of sp³-hybridized carbons (Fsp3) is 0.429. The van der Waals surface area contributed by atoms with Crippen molar-refractivity contribution in [1.82, 2.24) is 5.32 Å². The lowest BCUT2D eigenvalue weighted by atomic mass is 10.1. The molecule has 0 radical (unpaired) electrons. The van der Waals surface area contributed by atoms with E-state index in [9.17, 15) is 9.59 Å². The van der Waals surface area contributed by atoms with Crippen molar-refractivity contribution < 1.29 is 14.7 Å². The molecule has 0 aliphatic heterocycles. The highest BCUT2D eigenvalue weighted by Gasteiger charge is 2.20. The number of nitrogens with one attached hydrogen (secondary N) is 1. The van der Waals surface area contributed by atoms with Crippen LogP contribution in [0.15, 0.2) is 18.2 Å². The smallest absolute Gasteiger partial charge is 0.326 e. The van der Waals surface area contributed by atoms with Crippen molar-refractivity contribution >= 4 is 23.6 Å². The van der Waals surface area contributed by atoms with Gasteiger partial charge in [0, 0.05) is 5.56 Å². The van der Waals surface area contributed by atoms with Gasteiger partial charge in [-0.05, 0) is 55.5 Å². The molecule has 1 aromatic rings. The van der Waals surface area contributed by atoms with Gasteiger partial charge in [-0.3, -0.25) is 4.79 Å². The second-order valence-corrected chi connectivity index (χ2v) is 5.43. The van der Waals surface area contributed by atoms with Gasteiger partial charge in [0.15, 0.2) is 0 Å². The third-order valence-electron chi connectivity index (χ3n) is 2.98. The van der Waals surface area contributed by atoms with Crippen molar-refractivity contribution in [3.05, 3.63) is 34.9 Å². The molecule has 0 aliphatic rings. The molecule has 0 aromatic heterocycles. The van der Waals surface area contributed by atoms with Gasteiger partial charge in [0.2, 0.25) is 0 Å². The van der Waals surface area contributed by atoms with E-state index in [1.54, 1.807) is 23.9 Å². The summed E-state index contributed by atoms with van der Waals surface area (Å²) < 4.78 is 0. The zero-order chi connectivity index (χ0) is 14.4. The van der Waals surface area contributed by atoms with Gasteiger partial charge >= 0.3 is 5.97 Å². The Morgan fingerprint density at radius 1 is 1.32 bits per heavy atom. The summed E-state index contributed by atoms with van der Waals surface area (Å²) in [6, 6.07) is 4.52. The monoisotopic (exact) mass is 281 g/mol. The quantitative estimate of drug-likeness (QED) is 0.839. The van der Waals surface area contributed by atoms with Crippen LogP contribution in [-0.4, -0.2) is 35.0 Å². The van der Waals surface area contributed by atoms with Crippen LogP contribution in [0.5, 0.6) is 0 Å². The molecule has 1 atom stereocenters. The number of carbonyl (C=O) groups is 2. The Bertz CT molecular complexity index is 474. The van der Waals surface area contributed by atoms with E-state index in [0.29, 0.717) is 17.7 Å². The lowest BCUT2D eigenvalue weighted by molar-refractivity contribution is -0.139. The number of benzene rings is 1. The maximum Gasteiger partial charge on any atom is 0.326 e. The van der Waals surface area contributed by atoms with Crippen LogP contribution in [-0.2, 0) is 4.79 Å². The molecule has 0 spiro atoms. The standard InChI is InChI=1S/C14H19NO3S/c1-9-4-5-11(8-10(9)2)13(16)15-12(14(17)18)6-7-19-3/h4-5,8,12H,6-7H2,1-3H3,(H,15,16)(H,17,18). The summed E-state index contributed by atoms with van der Waals surface area (Å²) in [6.07, 6.45) is 2.33. The molecule has 1 rings (SSSR count). The molecule has 19 heavy (non-hydrogen) atoms. The Labute approximate surface area is 117 Å². The Hall–Kier alpha value is -1.49. The molecule has 0 aliphatic carbocycles. The maximum absolute atomic E-state index is 12.0. The van der Waals surface area contributed by atoms with Crippen LogP contribution in [0, 0.1) is 13.8 Å². The molecule has 0 fully saturated rings. The number of carboxylic acid groups (broad SMARTS) is 1. The topological polar surface area (TPSA) is 66.4 Å². The number of thioether (sulfide) groups is 1. The van der Waals surface area contributed by atoms with Crippen molar-refractivity contribution in [3.63, 3.8) is 0 Å². The molecular weight excluding hydrogens is 262 g/mol. The minimum atomic E-state index is -0.994. The van der Waals surface area contributed by atoms with Crippen LogP contribution in [0.3, 0.4) is 0 Å².